The minimum atomic E-state index is -2.35. The van der Waals surface area contributed by atoms with E-state index in [9.17, 15) is 9.59 Å². The lowest BCUT2D eigenvalue weighted by Crippen LogP contribution is -2.27. The summed E-state index contributed by atoms with van der Waals surface area (Å²) in [4.78, 5) is 35.8. The summed E-state index contributed by atoms with van der Waals surface area (Å²) >= 11 is 33.5. The summed E-state index contributed by atoms with van der Waals surface area (Å²) in [5, 5.41) is 0. The van der Waals surface area contributed by atoms with Gasteiger partial charge in [0, 0.05) is 0 Å². The Bertz CT molecular complexity index is 876. The van der Waals surface area contributed by atoms with Crippen LogP contribution in [0.3, 0.4) is 0 Å². The molecule has 0 atom stereocenters. The van der Waals surface area contributed by atoms with Crippen LogP contribution >= 0.6 is 69.6 Å². The smallest absolute Gasteiger partial charge is 0.256 e. The Hall–Kier alpha value is -1.15. The first-order valence-electron chi connectivity index (χ1n) is 7.23. The molecular formula is C16H9Cl6N3O3. The number of carbonyl (C=O) groups is 2. The zero-order chi connectivity index (χ0) is 21.1. The number of benzene rings is 1. The van der Waals surface area contributed by atoms with Crippen LogP contribution in [-0.4, -0.2) is 41.2 Å². The third kappa shape index (κ3) is 6.17. The van der Waals surface area contributed by atoms with Gasteiger partial charge in [0.1, 0.15) is 5.75 Å². The van der Waals surface area contributed by atoms with Gasteiger partial charge < -0.3 is 4.74 Å². The van der Waals surface area contributed by atoms with E-state index in [-0.39, 0.29) is 5.82 Å². The van der Waals surface area contributed by atoms with Crippen molar-refractivity contribution in [3.63, 3.8) is 0 Å². The Morgan fingerprint density at radius 2 is 1.29 bits per heavy atom. The summed E-state index contributed by atoms with van der Waals surface area (Å²) in [7, 11) is 1.54. The molecule has 12 heteroatoms. The Morgan fingerprint density at radius 1 is 0.821 bits per heavy atom. The number of nitrogens with zero attached hydrogens (tertiary/aromatic N) is 3. The minimum Gasteiger partial charge on any atom is -0.497 e. The fraction of sp³-hybridized carbons (Fsp3) is 0.188. The molecule has 0 aliphatic heterocycles. The second-order valence-electron chi connectivity index (χ2n) is 5.10. The highest BCUT2D eigenvalue weighted by atomic mass is 35.6. The lowest BCUT2D eigenvalue weighted by atomic mass is 10.2. The molecule has 28 heavy (non-hydrogen) atoms. The van der Waals surface area contributed by atoms with Crippen molar-refractivity contribution in [3.05, 3.63) is 47.3 Å². The van der Waals surface area contributed by atoms with E-state index in [0.29, 0.717) is 5.75 Å². The number of hydrogen-bond acceptors (Lipinski definition) is 6. The van der Waals surface area contributed by atoms with Crippen molar-refractivity contribution in [1.29, 1.82) is 0 Å². The predicted molar refractivity (Wildman–Crippen MR) is 111 cm³/mol. The van der Waals surface area contributed by atoms with Crippen LogP contribution in [0.1, 0.15) is 32.6 Å². The zero-order valence-electron chi connectivity index (χ0n) is 13.8. The fourth-order valence-corrected chi connectivity index (χ4v) is 2.32. The molecule has 0 unspecified atom stereocenters. The molecule has 2 aromatic rings. The lowest BCUT2D eigenvalue weighted by Gasteiger charge is -2.11. The van der Waals surface area contributed by atoms with Crippen LogP contribution in [0.5, 0.6) is 5.75 Å². The highest BCUT2D eigenvalue weighted by molar-refractivity contribution is 6.78. The maximum Gasteiger partial charge on any atom is 0.256 e. The van der Waals surface area contributed by atoms with Crippen LogP contribution in [0.2, 0.25) is 0 Å². The highest BCUT2D eigenvalue weighted by Crippen LogP contribution is 2.31. The van der Waals surface area contributed by atoms with Crippen LogP contribution < -0.4 is 4.74 Å². The van der Waals surface area contributed by atoms with Gasteiger partial charge in [-0.2, -0.15) is 0 Å². The van der Waals surface area contributed by atoms with E-state index in [1.807, 2.05) is 0 Å². The molecule has 0 aliphatic rings. The molecule has 0 radical (unpaired) electrons. The second kappa shape index (κ2) is 9.11. The summed E-state index contributed by atoms with van der Waals surface area (Å²) in [6, 6.07) is 7.00. The first kappa shape index (κ1) is 23.1. The van der Waals surface area contributed by atoms with E-state index in [2.05, 4.69) is 15.0 Å². The molecule has 0 aliphatic carbocycles. The van der Waals surface area contributed by atoms with Gasteiger partial charge in [0.25, 0.3) is 19.2 Å². The molecule has 148 valence electrons. The van der Waals surface area contributed by atoms with E-state index in [0.717, 1.165) is 5.56 Å². The number of methoxy groups -OCH3 is 1. The van der Waals surface area contributed by atoms with Crippen molar-refractivity contribution in [2.75, 3.05) is 7.11 Å². The van der Waals surface area contributed by atoms with Crippen LogP contribution in [0.4, 0.5) is 0 Å². The van der Waals surface area contributed by atoms with E-state index in [1.54, 1.807) is 37.5 Å². The number of alkyl halides is 6. The second-order valence-corrected chi connectivity index (χ2v) is 9.66. The Balaban J connectivity index is 2.48. The van der Waals surface area contributed by atoms with Crippen molar-refractivity contribution in [2.24, 2.45) is 0 Å². The van der Waals surface area contributed by atoms with Gasteiger partial charge in [-0.1, -0.05) is 87.8 Å². The lowest BCUT2D eigenvalue weighted by molar-refractivity contribution is 0.0979. The van der Waals surface area contributed by atoms with Gasteiger partial charge in [-0.05, 0) is 23.8 Å². The molecule has 0 spiro atoms. The van der Waals surface area contributed by atoms with Crippen LogP contribution in [-0.2, 0) is 0 Å². The topological polar surface area (TPSA) is 82.0 Å². The third-order valence-corrected chi connectivity index (χ3v) is 4.14. The number of ether oxygens (including phenoxy) is 1. The Kier molecular flexibility index (Phi) is 7.53. The first-order chi connectivity index (χ1) is 12.9. The highest BCUT2D eigenvalue weighted by Gasteiger charge is 2.38. The molecule has 0 amide bonds. The van der Waals surface area contributed by atoms with Crippen molar-refractivity contribution in [2.45, 2.75) is 7.59 Å². The predicted octanol–water partition coefficient (Wildman–Crippen LogP) is 5.16. The normalized spacial score (nSPS) is 12.2. The van der Waals surface area contributed by atoms with E-state index in [1.165, 1.54) is 6.08 Å². The number of halogens is 6. The summed E-state index contributed by atoms with van der Waals surface area (Å²) in [6.45, 7) is 0. The molecule has 0 N–H and O–H groups in total. The van der Waals surface area contributed by atoms with Gasteiger partial charge in [0.2, 0.25) is 11.6 Å². The number of hydrogen-bond donors (Lipinski definition) is 0. The zero-order valence-corrected chi connectivity index (χ0v) is 18.3. The van der Waals surface area contributed by atoms with E-state index >= 15 is 0 Å². The molecule has 0 saturated carbocycles. The minimum absolute atomic E-state index is 0.0824. The standard InChI is InChI=1S/C16H9Cl6N3O3/c1-28-9-5-2-8(3-6-9)4-7-10-23-13(11(26)15(17,18)19)25-14(24-10)12(27)16(20,21)22/h2-7H,1H3. The molecule has 6 nitrogen and oxygen atoms in total. The van der Waals surface area contributed by atoms with Crippen LogP contribution in [0.15, 0.2) is 24.3 Å². The summed E-state index contributed by atoms with van der Waals surface area (Å²) in [6.07, 6.45) is 3.02. The van der Waals surface area contributed by atoms with Gasteiger partial charge in [-0.15, -0.1) is 0 Å². The average molecular weight is 504 g/mol. The molecule has 0 saturated heterocycles. The number of carbonyl (C=O) groups excluding carboxylic acids is 2. The average Bonchev–Trinajstić information content (AvgIpc) is 2.63. The van der Waals surface area contributed by atoms with Gasteiger partial charge in [0.15, 0.2) is 5.82 Å². The van der Waals surface area contributed by atoms with Crippen molar-refractivity contribution in [3.8, 4) is 5.75 Å². The monoisotopic (exact) mass is 501 g/mol. The van der Waals surface area contributed by atoms with Crippen molar-refractivity contribution in [1.82, 2.24) is 15.0 Å². The van der Waals surface area contributed by atoms with E-state index in [4.69, 9.17) is 74.3 Å². The third-order valence-electron chi connectivity index (χ3n) is 3.11. The molecule has 0 fully saturated rings. The number of ketones is 2. The first-order valence-corrected chi connectivity index (χ1v) is 9.50. The molecule has 1 heterocycles. The van der Waals surface area contributed by atoms with Crippen LogP contribution in [0, 0.1) is 0 Å². The SMILES string of the molecule is COc1ccc(C=Cc2nc(C(=O)C(Cl)(Cl)Cl)nc(C(=O)C(Cl)(Cl)Cl)n2)cc1. The number of rotatable bonds is 5. The quantitative estimate of drug-likeness (QED) is 0.414. The maximum absolute atomic E-state index is 12.2. The maximum atomic E-state index is 12.2. The largest absolute Gasteiger partial charge is 0.497 e. The molecular weight excluding hydrogens is 495 g/mol. The number of aromatic nitrogens is 3. The molecule has 1 aromatic heterocycles. The van der Waals surface area contributed by atoms with Gasteiger partial charge in [-0.3, -0.25) is 9.59 Å². The fourth-order valence-electron chi connectivity index (χ4n) is 1.81. The molecule has 1 aromatic carbocycles. The van der Waals surface area contributed by atoms with E-state index < -0.39 is 30.8 Å². The molecule has 2 rings (SSSR count). The van der Waals surface area contributed by atoms with Crippen LogP contribution in [0.25, 0.3) is 12.2 Å². The number of Topliss-reactive ketones (excluding diaryl/α,β-unsaturated/α-hetero) is 2. The van der Waals surface area contributed by atoms with Crippen molar-refractivity contribution >= 4 is 93.3 Å². The Morgan fingerprint density at radius 3 is 1.68 bits per heavy atom. The summed E-state index contributed by atoms with van der Waals surface area (Å²) in [5.74, 6) is -2.69. The van der Waals surface area contributed by atoms with Gasteiger partial charge >= 0.3 is 0 Å². The van der Waals surface area contributed by atoms with Gasteiger partial charge in [0.05, 0.1) is 7.11 Å². The molecule has 0 bridgehead atoms. The van der Waals surface area contributed by atoms with Gasteiger partial charge in [-0.25, -0.2) is 15.0 Å². The van der Waals surface area contributed by atoms with Crippen molar-refractivity contribution < 1.29 is 14.3 Å². The summed E-state index contributed by atoms with van der Waals surface area (Å²) < 4.78 is 0.376. The summed E-state index contributed by atoms with van der Waals surface area (Å²) in [5.41, 5.74) is 0.754. The Labute approximate surface area is 189 Å².